The quantitative estimate of drug-likeness (QED) is 0.657. The summed E-state index contributed by atoms with van der Waals surface area (Å²) >= 11 is 1.66. The van der Waals surface area contributed by atoms with Crippen molar-refractivity contribution in [3.05, 3.63) is 50.2 Å². The fraction of sp³-hybridized carbons (Fsp3) is 0.214. The van der Waals surface area contributed by atoms with Crippen LogP contribution in [0.25, 0.3) is 0 Å². The third-order valence-electron chi connectivity index (χ3n) is 3.31. The molecular formula is C14H13N3O3S. The molecule has 1 aromatic heterocycles. The van der Waals surface area contributed by atoms with Crippen LogP contribution in [0.1, 0.15) is 10.4 Å². The standard InChI is InChI=1S/C14H13N3O3S/c18-14-7-9-6-13(17(19)20)12(8-11(9)16-14)15-4-3-10-2-1-5-21-10/h1-2,5-6,8,15H,3-4,7H2,(H,16,18). The molecule has 1 aromatic carbocycles. The van der Waals surface area contributed by atoms with Gasteiger partial charge in [0.2, 0.25) is 5.91 Å². The van der Waals surface area contributed by atoms with Crippen molar-refractivity contribution in [1.82, 2.24) is 0 Å². The van der Waals surface area contributed by atoms with Gasteiger partial charge in [-0.3, -0.25) is 14.9 Å². The first kappa shape index (κ1) is 13.6. The van der Waals surface area contributed by atoms with Crippen molar-refractivity contribution in [2.75, 3.05) is 17.2 Å². The fourth-order valence-electron chi connectivity index (χ4n) is 2.33. The van der Waals surface area contributed by atoms with E-state index in [9.17, 15) is 14.9 Å². The van der Waals surface area contributed by atoms with Gasteiger partial charge in [-0.05, 0) is 29.5 Å². The molecule has 0 radical (unpaired) electrons. The average molecular weight is 303 g/mol. The van der Waals surface area contributed by atoms with Gasteiger partial charge in [0, 0.05) is 23.2 Å². The second kappa shape index (κ2) is 5.53. The van der Waals surface area contributed by atoms with E-state index in [1.54, 1.807) is 17.4 Å². The van der Waals surface area contributed by atoms with E-state index in [0.717, 1.165) is 6.42 Å². The van der Waals surface area contributed by atoms with Gasteiger partial charge in [0.25, 0.3) is 5.69 Å². The molecule has 0 aliphatic carbocycles. The largest absolute Gasteiger partial charge is 0.379 e. The highest BCUT2D eigenvalue weighted by molar-refractivity contribution is 7.09. The van der Waals surface area contributed by atoms with E-state index in [0.29, 0.717) is 23.5 Å². The van der Waals surface area contributed by atoms with Crippen LogP contribution in [0, 0.1) is 10.1 Å². The van der Waals surface area contributed by atoms with E-state index < -0.39 is 4.92 Å². The van der Waals surface area contributed by atoms with Crippen LogP contribution in [-0.4, -0.2) is 17.4 Å². The summed E-state index contributed by atoms with van der Waals surface area (Å²) in [7, 11) is 0. The molecule has 0 bridgehead atoms. The van der Waals surface area contributed by atoms with Gasteiger partial charge in [0.15, 0.2) is 0 Å². The molecule has 1 amide bonds. The Kier molecular flexibility index (Phi) is 3.57. The molecule has 0 unspecified atom stereocenters. The van der Waals surface area contributed by atoms with Crippen molar-refractivity contribution < 1.29 is 9.72 Å². The molecule has 2 N–H and O–H groups in total. The number of nitrogens with one attached hydrogen (secondary N) is 2. The summed E-state index contributed by atoms with van der Waals surface area (Å²) in [5.41, 5.74) is 1.79. The van der Waals surface area contributed by atoms with Crippen LogP contribution < -0.4 is 10.6 Å². The number of thiophene rings is 1. The van der Waals surface area contributed by atoms with E-state index in [2.05, 4.69) is 10.6 Å². The van der Waals surface area contributed by atoms with E-state index in [1.807, 2.05) is 17.5 Å². The van der Waals surface area contributed by atoms with Crippen LogP contribution in [0.15, 0.2) is 29.6 Å². The number of carbonyl (C=O) groups is 1. The molecule has 2 heterocycles. The summed E-state index contributed by atoms with van der Waals surface area (Å²) in [5, 5.41) is 19.0. The van der Waals surface area contributed by atoms with Crippen LogP contribution in [0.5, 0.6) is 0 Å². The first-order valence-corrected chi connectivity index (χ1v) is 7.39. The number of hydrogen-bond acceptors (Lipinski definition) is 5. The zero-order valence-electron chi connectivity index (χ0n) is 11.1. The maximum Gasteiger partial charge on any atom is 0.292 e. The summed E-state index contributed by atoms with van der Waals surface area (Å²) in [6.07, 6.45) is 1.00. The normalized spacial score (nSPS) is 12.9. The highest BCUT2D eigenvalue weighted by atomic mass is 32.1. The smallest absolute Gasteiger partial charge is 0.292 e. The molecule has 6 nitrogen and oxygen atoms in total. The second-order valence-corrected chi connectivity index (χ2v) is 5.80. The Balaban J connectivity index is 1.78. The first-order valence-electron chi connectivity index (χ1n) is 6.51. The Bertz CT molecular complexity index is 698. The van der Waals surface area contributed by atoms with Crippen LogP contribution in [0.2, 0.25) is 0 Å². The maximum atomic E-state index is 11.4. The van der Waals surface area contributed by atoms with E-state index in [-0.39, 0.29) is 18.0 Å². The Hall–Kier alpha value is -2.41. The first-order chi connectivity index (χ1) is 10.1. The van der Waals surface area contributed by atoms with Gasteiger partial charge in [0.1, 0.15) is 5.69 Å². The Labute approximate surface area is 124 Å². The minimum atomic E-state index is -0.420. The molecule has 21 heavy (non-hydrogen) atoms. The second-order valence-electron chi connectivity index (χ2n) is 4.76. The molecule has 2 aromatic rings. The van der Waals surface area contributed by atoms with Gasteiger partial charge in [-0.2, -0.15) is 0 Å². The van der Waals surface area contributed by atoms with Crippen molar-refractivity contribution >= 4 is 34.3 Å². The predicted molar refractivity (Wildman–Crippen MR) is 81.9 cm³/mol. The number of rotatable bonds is 5. The van der Waals surface area contributed by atoms with Crippen LogP contribution in [0.4, 0.5) is 17.1 Å². The molecule has 0 spiro atoms. The SMILES string of the molecule is O=C1Cc2cc([N+](=O)[O-])c(NCCc3cccs3)cc2N1. The zero-order valence-corrected chi connectivity index (χ0v) is 11.9. The molecule has 3 rings (SSSR count). The number of nitrogens with zero attached hydrogens (tertiary/aromatic N) is 1. The molecule has 0 saturated carbocycles. The van der Waals surface area contributed by atoms with Crippen LogP contribution in [0.3, 0.4) is 0 Å². The Morgan fingerprint density at radius 3 is 3.00 bits per heavy atom. The van der Waals surface area contributed by atoms with Crippen LogP contribution >= 0.6 is 11.3 Å². The lowest BCUT2D eigenvalue weighted by molar-refractivity contribution is -0.384. The lowest BCUT2D eigenvalue weighted by atomic mass is 10.1. The van der Waals surface area contributed by atoms with Crippen LogP contribution in [-0.2, 0) is 17.6 Å². The summed E-state index contributed by atoms with van der Waals surface area (Å²) in [4.78, 5) is 23.3. The number of benzene rings is 1. The average Bonchev–Trinajstić information content (AvgIpc) is 3.05. The topological polar surface area (TPSA) is 84.3 Å². The van der Waals surface area contributed by atoms with E-state index in [1.165, 1.54) is 10.9 Å². The number of fused-ring (bicyclic) bond motifs is 1. The van der Waals surface area contributed by atoms with E-state index in [4.69, 9.17) is 0 Å². The number of amides is 1. The maximum absolute atomic E-state index is 11.4. The van der Waals surface area contributed by atoms with Crippen molar-refractivity contribution in [2.24, 2.45) is 0 Å². The molecular weight excluding hydrogens is 290 g/mol. The fourth-order valence-corrected chi connectivity index (χ4v) is 3.04. The van der Waals surface area contributed by atoms with Crippen molar-refractivity contribution in [2.45, 2.75) is 12.8 Å². The third kappa shape index (κ3) is 2.87. The molecule has 1 aliphatic rings. The van der Waals surface area contributed by atoms with Crippen molar-refractivity contribution in [1.29, 1.82) is 0 Å². The minimum absolute atomic E-state index is 0.0106. The van der Waals surface area contributed by atoms with Gasteiger partial charge in [0.05, 0.1) is 11.3 Å². The summed E-state index contributed by atoms with van der Waals surface area (Å²) < 4.78 is 0. The van der Waals surface area contributed by atoms with Gasteiger partial charge < -0.3 is 10.6 Å². The lowest BCUT2D eigenvalue weighted by Crippen LogP contribution is -2.07. The van der Waals surface area contributed by atoms with E-state index >= 15 is 0 Å². The third-order valence-corrected chi connectivity index (χ3v) is 4.25. The molecule has 1 aliphatic heterocycles. The van der Waals surface area contributed by atoms with Crippen molar-refractivity contribution in [3.63, 3.8) is 0 Å². The number of nitro benzene ring substituents is 1. The number of carbonyl (C=O) groups excluding carboxylic acids is 1. The predicted octanol–water partition coefficient (Wildman–Crippen LogP) is 2.81. The Morgan fingerprint density at radius 2 is 2.29 bits per heavy atom. The van der Waals surface area contributed by atoms with Gasteiger partial charge in [-0.1, -0.05) is 6.07 Å². The number of hydrogen-bond donors (Lipinski definition) is 2. The lowest BCUT2D eigenvalue weighted by Gasteiger charge is -2.08. The molecule has 0 fully saturated rings. The van der Waals surface area contributed by atoms with Gasteiger partial charge in [-0.25, -0.2) is 0 Å². The Morgan fingerprint density at radius 1 is 1.43 bits per heavy atom. The summed E-state index contributed by atoms with van der Waals surface area (Å²) in [5.74, 6) is -0.130. The minimum Gasteiger partial charge on any atom is -0.379 e. The monoisotopic (exact) mass is 303 g/mol. The summed E-state index contributed by atoms with van der Waals surface area (Å²) in [6.45, 7) is 0.605. The molecule has 108 valence electrons. The number of nitro groups is 1. The molecule has 7 heteroatoms. The highest BCUT2D eigenvalue weighted by Gasteiger charge is 2.24. The van der Waals surface area contributed by atoms with Gasteiger partial charge in [-0.15, -0.1) is 11.3 Å². The molecule has 0 atom stereocenters. The summed E-state index contributed by atoms with van der Waals surface area (Å²) in [6, 6.07) is 7.13. The molecule has 0 saturated heterocycles. The van der Waals surface area contributed by atoms with Crippen molar-refractivity contribution in [3.8, 4) is 0 Å². The van der Waals surface area contributed by atoms with Gasteiger partial charge >= 0.3 is 0 Å². The highest BCUT2D eigenvalue weighted by Crippen LogP contribution is 2.34. The number of anilines is 2. The zero-order chi connectivity index (χ0) is 14.8.